The third-order valence-electron chi connectivity index (χ3n) is 2.17. The molecule has 0 N–H and O–H groups in total. The molecule has 0 bridgehead atoms. The Bertz CT molecular complexity index is 257. The standard InChI is InChI=1S/C9H16O3S/c1-13(10,11)12-8-9-6-4-2-3-5-7-9/h2-3,9H,4-8H2,1H3. The molecule has 0 saturated heterocycles. The highest BCUT2D eigenvalue weighted by Crippen LogP contribution is 2.19. The summed E-state index contributed by atoms with van der Waals surface area (Å²) in [5.74, 6) is 0.393. The zero-order valence-corrected chi connectivity index (χ0v) is 8.72. The largest absolute Gasteiger partial charge is 0.270 e. The van der Waals surface area contributed by atoms with Gasteiger partial charge in [0.15, 0.2) is 0 Å². The molecule has 4 heteroatoms. The molecule has 0 spiro atoms. The molecule has 0 aromatic rings. The highest BCUT2D eigenvalue weighted by atomic mass is 32.2. The zero-order chi connectivity index (χ0) is 9.73. The smallest absolute Gasteiger partial charge is 0.264 e. The van der Waals surface area contributed by atoms with Gasteiger partial charge in [-0.25, -0.2) is 0 Å². The van der Waals surface area contributed by atoms with Gasteiger partial charge < -0.3 is 0 Å². The lowest BCUT2D eigenvalue weighted by atomic mass is 10.0. The topological polar surface area (TPSA) is 43.4 Å². The zero-order valence-electron chi connectivity index (χ0n) is 7.90. The van der Waals surface area contributed by atoms with Gasteiger partial charge in [0.2, 0.25) is 0 Å². The van der Waals surface area contributed by atoms with Crippen LogP contribution >= 0.6 is 0 Å². The van der Waals surface area contributed by atoms with Gasteiger partial charge in [0.1, 0.15) is 0 Å². The minimum Gasteiger partial charge on any atom is -0.270 e. The average Bonchev–Trinajstić information content (AvgIpc) is 2.26. The SMILES string of the molecule is CS(=O)(=O)OCC1CCC=CCC1. The first-order chi connectivity index (χ1) is 6.08. The van der Waals surface area contributed by atoms with Crippen LogP contribution in [0.2, 0.25) is 0 Å². The molecule has 1 aliphatic rings. The fourth-order valence-electron chi connectivity index (χ4n) is 1.43. The maximum absolute atomic E-state index is 10.7. The van der Waals surface area contributed by atoms with Gasteiger partial charge in [-0.2, -0.15) is 8.42 Å². The van der Waals surface area contributed by atoms with Crippen molar-refractivity contribution in [3.63, 3.8) is 0 Å². The molecule has 0 unspecified atom stereocenters. The average molecular weight is 204 g/mol. The summed E-state index contributed by atoms with van der Waals surface area (Å²) in [7, 11) is -3.26. The molecule has 0 amide bonds. The van der Waals surface area contributed by atoms with Crippen molar-refractivity contribution in [2.75, 3.05) is 12.9 Å². The van der Waals surface area contributed by atoms with E-state index in [1.54, 1.807) is 0 Å². The van der Waals surface area contributed by atoms with Crippen molar-refractivity contribution in [2.24, 2.45) is 5.92 Å². The van der Waals surface area contributed by atoms with Crippen LogP contribution in [0.5, 0.6) is 0 Å². The Labute approximate surface area is 79.9 Å². The Morgan fingerprint density at radius 3 is 2.31 bits per heavy atom. The maximum Gasteiger partial charge on any atom is 0.264 e. The van der Waals surface area contributed by atoms with Crippen molar-refractivity contribution >= 4 is 10.1 Å². The lowest BCUT2D eigenvalue weighted by Gasteiger charge is -2.12. The van der Waals surface area contributed by atoms with E-state index in [9.17, 15) is 8.42 Å². The molecule has 0 atom stereocenters. The highest BCUT2D eigenvalue weighted by Gasteiger charge is 2.12. The van der Waals surface area contributed by atoms with E-state index in [4.69, 9.17) is 4.18 Å². The van der Waals surface area contributed by atoms with Gasteiger partial charge in [-0.15, -0.1) is 0 Å². The summed E-state index contributed by atoms with van der Waals surface area (Å²) in [6.45, 7) is 0.348. The lowest BCUT2D eigenvalue weighted by molar-refractivity contribution is 0.242. The van der Waals surface area contributed by atoms with Crippen molar-refractivity contribution in [3.8, 4) is 0 Å². The summed E-state index contributed by atoms with van der Waals surface area (Å²) >= 11 is 0. The van der Waals surface area contributed by atoms with Crippen LogP contribution in [0.1, 0.15) is 25.7 Å². The first kappa shape index (κ1) is 10.7. The molecule has 1 rings (SSSR count). The van der Waals surface area contributed by atoms with Gasteiger partial charge in [0.25, 0.3) is 10.1 Å². The Kier molecular flexibility index (Phi) is 3.93. The highest BCUT2D eigenvalue weighted by molar-refractivity contribution is 7.85. The van der Waals surface area contributed by atoms with Crippen LogP contribution in [-0.4, -0.2) is 21.3 Å². The van der Waals surface area contributed by atoms with Gasteiger partial charge in [0, 0.05) is 0 Å². The van der Waals surface area contributed by atoms with Crippen LogP contribution < -0.4 is 0 Å². The Morgan fingerprint density at radius 1 is 1.31 bits per heavy atom. The Hall–Kier alpha value is -0.350. The predicted octanol–water partition coefficient (Wildman–Crippen LogP) is 1.71. The molecule has 0 radical (unpaired) electrons. The van der Waals surface area contributed by atoms with Crippen LogP contribution in [0, 0.1) is 5.92 Å². The maximum atomic E-state index is 10.7. The second-order valence-electron chi connectivity index (χ2n) is 3.48. The van der Waals surface area contributed by atoms with Crippen molar-refractivity contribution in [2.45, 2.75) is 25.7 Å². The van der Waals surface area contributed by atoms with Crippen LogP contribution in [0.25, 0.3) is 0 Å². The molecule has 76 valence electrons. The van der Waals surface area contributed by atoms with E-state index in [0.29, 0.717) is 12.5 Å². The number of hydrogen-bond donors (Lipinski definition) is 0. The quantitative estimate of drug-likeness (QED) is 0.519. The fourth-order valence-corrected chi connectivity index (χ4v) is 1.87. The number of rotatable bonds is 3. The van der Waals surface area contributed by atoms with Crippen molar-refractivity contribution in [1.82, 2.24) is 0 Å². The molecule has 0 aromatic carbocycles. The van der Waals surface area contributed by atoms with E-state index >= 15 is 0 Å². The summed E-state index contributed by atoms with van der Waals surface area (Å²) in [5, 5.41) is 0. The molecule has 0 aromatic heterocycles. The summed E-state index contributed by atoms with van der Waals surface area (Å²) in [6, 6.07) is 0. The van der Waals surface area contributed by atoms with E-state index < -0.39 is 10.1 Å². The summed E-state index contributed by atoms with van der Waals surface area (Å²) in [6.07, 6.45) is 9.55. The summed E-state index contributed by atoms with van der Waals surface area (Å²) in [5.41, 5.74) is 0. The summed E-state index contributed by atoms with van der Waals surface area (Å²) in [4.78, 5) is 0. The molecule has 3 nitrogen and oxygen atoms in total. The van der Waals surface area contributed by atoms with Gasteiger partial charge >= 0.3 is 0 Å². The van der Waals surface area contributed by atoms with E-state index in [0.717, 1.165) is 31.9 Å². The normalized spacial score (nSPS) is 20.1. The van der Waals surface area contributed by atoms with Crippen LogP contribution in [0.4, 0.5) is 0 Å². The molecular formula is C9H16O3S. The van der Waals surface area contributed by atoms with Crippen molar-refractivity contribution in [3.05, 3.63) is 12.2 Å². The Balaban J connectivity index is 2.29. The van der Waals surface area contributed by atoms with Crippen LogP contribution in [0.15, 0.2) is 12.2 Å². The van der Waals surface area contributed by atoms with E-state index in [1.165, 1.54) is 0 Å². The molecule has 0 aliphatic heterocycles. The number of hydrogen-bond acceptors (Lipinski definition) is 3. The fraction of sp³-hybridized carbons (Fsp3) is 0.778. The van der Waals surface area contributed by atoms with Crippen molar-refractivity contribution in [1.29, 1.82) is 0 Å². The molecule has 0 saturated carbocycles. The van der Waals surface area contributed by atoms with Gasteiger partial charge in [0.05, 0.1) is 12.9 Å². The molecule has 13 heavy (non-hydrogen) atoms. The van der Waals surface area contributed by atoms with E-state index in [-0.39, 0.29) is 0 Å². The molecule has 0 heterocycles. The first-order valence-corrected chi connectivity index (χ1v) is 6.39. The molecule has 1 aliphatic carbocycles. The van der Waals surface area contributed by atoms with Gasteiger partial charge in [-0.05, 0) is 31.6 Å². The monoisotopic (exact) mass is 204 g/mol. The first-order valence-electron chi connectivity index (χ1n) is 4.57. The van der Waals surface area contributed by atoms with E-state index in [2.05, 4.69) is 12.2 Å². The second kappa shape index (κ2) is 4.77. The third-order valence-corrected chi connectivity index (χ3v) is 2.73. The lowest BCUT2D eigenvalue weighted by Crippen LogP contribution is -2.12. The van der Waals surface area contributed by atoms with Crippen LogP contribution in [-0.2, 0) is 14.3 Å². The van der Waals surface area contributed by atoms with Crippen LogP contribution in [0.3, 0.4) is 0 Å². The van der Waals surface area contributed by atoms with Gasteiger partial charge in [-0.1, -0.05) is 12.2 Å². The molecular weight excluding hydrogens is 188 g/mol. The minimum absolute atomic E-state index is 0.348. The van der Waals surface area contributed by atoms with Crippen molar-refractivity contribution < 1.29 is 12.6 Å². The van der Waals surface area contributed by atoms with Gasteiger partial charge in [-0.3, -0.25) is 4.18 Å². The predicted molar refractivity (Wildman–Crippen MR) is 51.9 cm³/mol. The third kappa shape index (κ3) is 5.05. The second-order valence-corrected chi connectivity index (χ2v) is 5.12. The van der Waals surface area contributed by atoms with E-state index in [1.807, 2.05) is 0 Å². The Morgan fingerprint density at radius 2 is 1.85 bits per heavy atom. The molecule has 0 fully saturated rings. The summed E-state index contributed by atoms with van der Waals surface area (Å²) < 4.78 is 26.2. The number of allylic oxidation sites excluding steroid dienone is 2. The minimum atomic E-state index is -3.26.